The Kier molecular flexibility index (Phi) is 3.65. The number of aryl methyl sites for hydroxylation is 1. The molecule has 1 heterocycles. The number of para-hydroxylation sites is 1. The molecule has 0 amide bonds. The van der Waals surface area contributed by atoms with E-state index in [0.717, 1.165) is 28.4 Å². The third-order valence-electron chi connectivity index (χ3n) is 3.33. The van der Waals surface area contributed by atoms with E-state index in [-0.39, 0.29) is 0 Å². The van der Waals surface area contributed by atoms with Crippen LogP contribution in [0.5, 0.6) is 5.75 Å². The average Bonchev–Trinajstić information content (AvgIpc) is 2.53. The summed E-state index contributed by atoms with van der Waals surface area (Å²) in [5, 5.41) is 0.821. The molecule has 3 heteroatoms. The van der Waals surface area contributed by atoms with Crippen LogP contribution in [0.15, 0.2) is 54.6 Å². The van der Waals surface area contributed by atoms with Crippen molar-refractivity contribution in [3.63, 3.8) is 0 Å². The molecule has 0 aliphatic heterocycles. The van der Waals surface area contributed by atoms with Gasteiger partial charge in [-0.3, -0.25) is 4.79 Å². The minimum Gasteiger partial charge on any atom is -0.487 e. The molecule has 0 radical (unpaired) electrons. The van der Waals surface area contributed by atoms with Gasteiger partial charge in [-0.05, 0) is 24.6 Å². The van der Waals surface area contributed by atoms with E-state index in [2.05, 4.69) is 4.98 Å². The number of pyridine rings is 1. The van der Waals surface area contributed by atoms with Gasteiger partial charge in [0.2, 0.25) is 0 Å². The molecule has 0 N–H and O–H groups in total. The summed E-state index contributed by atoms with van der Waals surface area (Å²) >= 11 is 0. The Labute approximate surface area is 123 Å². The normalized spacial score (nSPS) is 10.5. The van der Waals surface area contributed by atoms with Crippen LogP contribution >= 0.6 is 0 Å². The molecule has 0 aliphatic carbocycles. The number of hydrogen-bond donors (Lipinski definition) is 0. The van der Waals surface area contributed by atoms with Crippen molar-refractivity contribution in [1.82, 2.24) is 4.98 Å². The maximum atomic E-state index is 11.2. The summed E-state index contributed by atoms with van der Waals surface area (Å²) in [5.41, 5.74) is 3.27. The maximum Gasteiger partial charge on any atom is 0.150 e. The largest absolute Gasteiger partial charge is 0.487 e. The van der Waals surface area contributed by atoms with Crippen molar-refractivity contribution < 1.29 is 9.53 Å². The monoisotopic (exact) mass is 277 g/mol. The van der Waals surface area contributed by atoms with Crippen molar-refractivity contribution in [2.45, 2.75) is 13.5 Å². The number of benzene rings is 2. The SMILES string of the molecule is Cc1cc(C=O)c2cccc(OCc3ccccc3)c2n1. The van der Waals surface area contributed by atoms with Gasteiger partial charge < -0.3 is 4.74 Å². The van der Waals surface area contributed by atoms with Crippen LogP contribution in [-0.4, -0.2) is 11.3 Å². The fourth-order valence-electron chi connectivity index (χ4n) is 2.33. The first-order chi connectivity index (χ1) is 10.3. The van der Waals surface area contributed by atoms with E-state index in [1.54, 1.807) is 6.07 Å². The van der Waals surface area contributed by atoms with Crippen LogP contribution in [0.25, 0.3) is 10.9 Å². The van der Waals surface area contributed by atoms with Crippen LogP contribution in [0, 0.1) is 6.92 Å². The highest BCUT2D eigenvalue weighted by Gasteiger charge is 2.08. The Bertz CT molecular complexity index is 782. The highest BCUT2D eigenvalue weighted by Crippen LogP contribution is 2.27. The first kappa shape index (κ1) is 13.3. The molecule has 0 atom stereocenters. The second-order valence-electron chi connectivity index (χ2n) is 4.90. The van der Waals surface area contributed by atoms with Gasteiger partial charge >= 0.3 is 0 Å². The smallest absolute Gasteiger partial charge is 0.150 e. The van der Waals surface area contributed by atoms with Crippen LogP contribution < -0.4 is 4.74 Å². The zero-order valence-corrected chi connectivity index (χ0v) is 11.7. The Hall–Kier alpha value is -2.68. The predicted octanol–water partition coefficient (Wildman–Crippen LogP) is 3.93. The van der Waals surface area contributed by atoms with E-state index in [1.807, 2.05) is 55.5 Å². The molecule has 0 unspecified atom stereocenters. The van der Waals surface area contributed by atoms with Gasteiger partial charge in [0, 0.05) is 16.6 Å². The summed E-state index contributed by atoms with van der Waals surface area (Å²) < 4.78 is 5.88. The number of fused-ring (bicyclic) bond motifs is 1. The first-order valence-corrected chi connectivity index (χ1v) is 6.80. The lowest BCUT2D eigenvalue weighted by Gasteiger charge is -2.10. The fourth-order valence-corrected chi connectivity index (χ4v) is 2.33. The number of aldehydes is 1. The molecular weight excluding hydrogens is 262 g/mol. The molecule has 0 fully saturated rings. The molecule has 0 spiro atoms. The number of ether oxygens (including phenoxy) is 1. The van der Waals surface area contributed by atoms with Crippen molar-refractivity contribution in [3.8, 4) is 5.75 Å². The van der Waals surface area contributed by atoms with E-state index < -0.39 is 0 Å². The van der Waals surface area contributed by atoms with E-state index in [1.165, 1.54) is 0 Å². The molecular formula is C18H15NO2. The van der Waals surface area contributed by atoms with E-state index in [0.29, 0.717) is 17.9 Å². The zero-order valence-electron chi connectivity index (χ0n) is 11.7. The van der Waals surface area contributed by atoms with Crippen LogP contribution in [0.3, 0.4) is 0 Å². The Balaban J connectivity index is 1.99. The third kappa shape index (κ3) is 2.77. The highest BCUT2D eigenvalue weighted by atomic mass is 16.5. The minimum atomic E-state index is 0.478. The number of rotatable bonds is 4. The topological polar surface area (TPSA) is 39.2 Å². The van der Waals surface area contributed by atoms with Gasteiger partial charge in [-0.25, -0.2) is 4.98 Å². The summed E-state index contributed by atoms with van der Waals surface area (Å²) in [6.45, 7) is 2.35. The van der Waals surface area contributed by atoms with Crippen molar-refractivity contribution in [1.29, 1.82) is 0 Å². The molecule has 1 aromatic heterocycles. The van der Waals surface area contributed by atoms with E-state index >= 15 is 0 Å². The lowest BCUT2D eigenvalue weighted by molar-refractivity contribution is 0.112. The highest BCUT2D eigenvalue weighted by molar-refractivity contribution is 5.98. The van der Waals surface area contributed by atoms with Gasteiger partial charge in [-0.15, -0.1) is 0 Å². The van der Waals surface area contributed by atoms with Crippen molar-refractivity contribution in [2.75, 3.05) is 0 Å². The molecule has 0 saturated heterocycles. The average molecular weight is 277 g/mol. The lowest BCUT2D eigenvalue weighted by Crippen LogP contribution is -1.98. The predicted molar refractivity (Wildman–Crippen MR) is 82.6 cm³/mol. The first-order valence-electron chi connectivity index (χ1n) is 6.80. The number of nitrogens with zero attached hydrogens (tertiary/aromatic N) is 1. The van der Waals surface area contributed by atoms with Crippen molar-refractivity contribution in [3.05, 3.63) is 71.4 Å². The number of hydrogen-bond acceptors (Lipinski definition) is 3. The lowest BCUT2D eigenvalue weighted by atomic mass is 10.1. The summed E-state index contributed by atoms with van der Waals surface area (Å²) in [6, 6.07) is 17.4. The Morgan fingerprint density at radius 3 is 2.67 bits per heavy atom. The number of aromatic nitrogens is 1. The number of carbonyl (C=O) groups excluding carboxylic acids is 1. The molecule has 0 bridgehead atoms. The fraction of sp³-hybridized carbons (Fsp3) is 0.111. The van der Waals surface area contributed by atoms with Gasteiger partial charge in [0.1, 0.15) is 17.9 Å². The van der Waals surface area contributed by atoms with Gasteiger partial charge in [0.05, 0.1) is 0 Å². The summed E-state index contributed by atoms with van der Waals surface area (Å²) in [6.07, 6.45) is 0.859. The molecule has 0 saturated carbocycles. The molecule has 3 rings (SSSR count). The standard InChI is InChI=1S/C18H15NO2/c1-13-10-15(11-20)16-8-5-9-17(18(16)19-13)21-12-14-6-3-2-4-7-14/h2-11H,12H2,1H3. The van der Waals surface area contributed by atoms with Crippen LogP contribution in [0.2, 0.25) is 0 Å². The van der Waals surface area contributed by atoms with Crippen LogP contribution in [-0.2, 0) is 6.61 Å². The number of carbonyl (C=O) groups is 1. The Morgan fingerprint density at radius 2 is 1.90 bits per heavy atom. The van der Waals surface area contributed by atoms with E-state index in [4.69, 9.17) is 4.74 Å². The van der Waals surface area contributed by atoms with Crippen LogP contribution in [0.1, 0.15) is 21.6 Å². The maximum absolute atomic E-state index is 11.2. The van der Waals surface area contributed by atoms with Crippen molar-refractivity contribution >= 4 is 17.2 Å². The van der Waals surface area contributed by atoms with Gasteiger partial charge in [0.25, 0.3) is 0 Å². The second kappa shape index (κ2) is 5.75. The molecule has 2 aromatic carbocycles. The van der Waals surface area contributed by atoms with Crippen LogP contribution in [0.4, 0.5) is 0 Å². The minimum absolute atomic E-state index is 0.478. The van der Waals surface area contributed by atoms with Gasteiger partial charge in [-0.2, -0.15) is 0 Å². The zero-order chi connectivity index (χ0) is 14.7. The van der Waals surface area contributed by atoms with E-state index in [9.17, 15) is 4.79 Å². The van der Waals surface area contributed by atoms with Crippen molar-refractivity contribution in [2.24, 2.45) is 0 Å². The van der Waals surface area contributed by atoms with Gasteiger partial charge in [-0.1, -0.05) is 42.5 Å². The summed E-state index contributed by atoms with van der Waals surface area (Å²) in [5.74, 6) is 0.697. The third-order valence-corrected chi connectivity index (χ3v) is 3.33. The summed E-state index contributed by atoms with van der Waals surface area (Å²) in [4.78, 5) is 15.7. The quantitative estimate of drug-likeness (QED) is 0.678. The molecule has 104 valence electrons. The molecule has 3 aromatic rings. The Morgan fingerprint density at radius 1 is 1.10 bits per heavy atom. The molecule has 21 heavy (non-hydrogen) atoms. The molecule has 0 aliphatic rings. The molecule has 3 nitrogen and oxygen atoms in total. The van der Waals surface area contributed by atoms with Gasteiger partial charge in [0.15, 0.2) is 6.29 Å². The second-order valence-corrected chi connectivity index (χ2v) is 4.90. The summed E-state index contributed by atoms with van der Waals surface area (Å²) in [7, 11) is 0.